The highest BCUT2D eigenvalue weighted by atomic mass is 35.5. The average Bonchev–Trinajstić information content (AvgIpc) is 2.97. The maximum absolute atomic E-state index is 12.7. The second kappa shape index (κ2) is 4.60. The molecular formula is C14H9ClN6O. The quantitative estimate of drug-likeness (QED) is 0.535. The molecule has 7 nitrogen and oxygen atoms in total. The lowest BCUT2D eigenvalue weighted by Crippen LogP contribution is -2.20. The summed E-state index contributed by atoms with van der Waals surface area (Å²) in [5.41, 5.74) is 2.06. The first kappa shape index (κ1) is 12.9. The number of pyridine rings is 1. The monoisotopic (exact) mass is 312 g/mol. The Labute approximate surface area is 128 Å². The van der Waals surface area contributed by atoms with Gasteiger partial charge >= 0.3 is 0 Å². The fourth-order valence-corrected chi connectivity index (χ4v) is 2.67. The largest absolute Gasteiger partial charge is 0.285 e. The molecule has 0 saturated carbocycles. The summed E-state index contributed by atoms with van der Waals surface area (Å²) in [6.07, 6.45) is 3.01. The average molecular weight is 313 g/mol. The van der Waals surface area contributed by atoms with Crippen molar-refractivity contribution in [1.82, 2.24) is 29.4 Å². The van der Waals surface area contributed by atoms with Crippen molar-refractivity contribution in [3.8, 4) is 5.69 Å². The summed E-state index contributed by atoms with van der Waals surface area (Å²) < 4.78 is 2.92. The molecule has 0 fully saturated rings. The van der Waals surface area contributed by atoms with Gasteiger partial charge in [0, 0.05) is 6.20 Å². The van der Waals surface area contributed by atoms with E-state index in [0.29, 0.717) is 22.0 Å². The third kappa shape index (κ3) is 1.79. The van der Waals surface area contributed by atoms with Gasteiger partial charge in [-0.3, -0.25) is 9.36 Å². The molecule has 0 aliphatic heterocycles. The molecule has 108 valence electrons. The molecule has 0 unspecified atom stereocenters. The van der Waals surface area contributed by atoms with Crippen LogP contribution in [0.2, 0.25) is 5.02 Å². The van der Waals surface area contributed by atoms with Gasteiger partial charge in [-0.2, -0.15) is 14.6 Å². The Bertz CT molecular complexity index is 1080. The van der Waals surface area contributed by atoms with E-state index < -0.39 is 0 Å². The van der Waals surface area contributed by atoms with Crippen molar-refractivity contribution in [2.45, 2.75) is 6.92 Å². The minimum atomic E-state index is -0.312. The van der Waals surface area contributed by atoms with Crippen LogP contribution in [0, 0.1) is 6.92 Å². The van der Waals surface area contributed by atoms with E-state index in [4.69, 9.17) is 11.6 Å². The van der Waals surface area contributed by atoms with Crippen LogP contribution in [0.15, 0.2) is 41.6 Å². The van der Waals surface area contributed by atoms with Crippen LogP contribution in [0.5, 0.6) is 0 Å². The fraction of sp³-hybridized carbons (Fsp3) is 0.0714. The number of nitrogens with zero attached hydrogens (tertiary/aromatic N) is 6. The molecule has 0 bridgehead atoms. The topological polar surface area (TPSA) is 78.0 Å². The molecule has 0 aliphatic rings. The van der Waals surface area contributed by atoms with E-state index in [1.54, 1.807) is 24.4 Å². The molecule has 0 radical (unpaired) electrons. The molecule has 22 heavy (non-hydrogen) atoms. The second-order valence-corrected chi connectivity index (χ2v) is 5.26. The van der Waals surface area contributed by atoms with Crippen LogP contribution < -0.4 is 5.56 Å². The van der Waals surface area contributed by atoms with Gasteiger partial charge in [-0.1, -0.05) is 17.7 Å². The van der Waals surface area contributed by atoms with Gasteiger partial charge in [0.2, 0.25) is 0 Å². The molecule has 0 spiro atoms. The van der Waals surface area contributed by atoms with Crippen LogP contribution in [0.3, 0.4) is 0 Å². The number of hydrogen-bond donors (Lipinski definition) is 0. The van der Waals surface area contributed by atoms with E-state index in [9.17, 15) is 4.79 Å². The summed E-state index contributed by atoms with van der Waals surface area (Å²) in [5, 5.41) is 12.4. The van der Waals surface area contributed by atoms with Gasteiger partial charge in [-0.25, -0.2) is 0 Å². The van der Waals surface area contributed by atoms with Crippen molar-refractivity contribution in [2.24, 2.45) is 0 Å². The third-order valence-electron chi connectivity index (χ3n) is 3.41. The van der Waals surface area contributed by atoms with E-state index in [-0.39, 0.29) is 11.1 Å². The third-order valence-corrected chi connectivity index (χ3v) is 3.71. The molecule has 0 amide bonds. The minimum absolute atomic E-state index is 0.206. The Balaban J connectivity index is 2.06. The molecule has 4 aromatic rings. The normalized spacial score (nSPS) is 11.4. The standard InChI is InChI=1S/C14H9ClN6O/c1-8-2-3-10(9(15)6-8)20-5-4-11-12(13(20)22)18-19-14-16-7-17-21(11)14/h2-7H,1H3. The Morgan fingerprint density at radius 3 is 2.86 bits per heavy atom. The van der Waals surface area contributed by atoms with Gasteiger partial charge in [0.05, 0.1) is 10.7 Å². The first-order chi connectivity index (χ1) is 10.6. The minimum Gasteiger partial charge on any atom is -0.281 e. The molecule has 0 atom stereocenters. The van der Waals surface area contributed by atoms with Gasteiger partial charge in [-0.15, -0.1) is 10.2 Å². The van der Waals surface area contributed by atoms with E-state index in [0.717, 1.165) is 5.56 Å². The van der Waals surface area contributed by atoms with E-state index >= 15 is 0 Å². The number of aromatic nitrogens is 6. The summed E-state index contributed by atoms with van der Waals surface area (Å²) >= 11 is 6.24. The van der Waals surface area contributed by atoms with Crippen molar-refractivity contribution in [3.63, 3.8) is 0 Å². The maximum atomic E-state index is 12.7. The molecule has 3 heterocycles. The van der Waals surface area contributed by atoms with Crippen molar-refractivity contribution < 1.29 is 0 Å². The second-order valence-electron chi connectivity index (χ2n) is 4.85. The van der Waals surface area contributed by atoms with Crippen molar-refractivity contribution in [1.29, 1.82) is 0 Å². The Kier molecular flexibility index (Phi) is 2.70. The number of hydrogen-bond acceptors (Lipinski definition) is 5. The molecule has 4 rings (SSSR count). The molecule has 3 aromatic heterocycles. The SMILES string of the molecule is Cc1ccc(-n2ccc3c(nnc4ncnn43)c2=O)c(Cl)c1. The van der Waals surface area contributed by atoms with Crippen molar-refractivity contribution in [2.75, 3.05) is 0 Å². The van der Waals surface area contributed by atoms with Crippen LogP contribution >= 0.6 is 11.6 Å². The Hall–Kier alpha value is -2.80. The molecule has 1 aromatic carbocycles. The summed E-state index contributed by atoms with van der Waals surface area (Å²) in [6, 6.07) is 7.24. The number of fused-ring (bicyclic) bond motifs is 3. The van der Waals surface area contributed by atoms with Gasteiger partial charge in [0.1, 0.15) is 11.8 Å². The summed E-state index contributed by atoms with van der Waals surface area (Å²) in [4.78, 5) is 16.6. The first-order valence-corrected chi connectivity index (χ1v) is 6.87. The highest BCUT2D eigenvalue weighted by Gasteiger charge is 2.12. The molecule has 0 N–H and O–H groups in total. The van der Waals surface area contributed by atoms with Crippen molar-refractivity contribution >= 4 is 28.4 Å². The van der Waals surface area contributed by atoms with Gasteiger partial charge < -0.3 is 0 Å². The zero-order valence-electron chi connectivity index (χ0n) is 11.4. The fourth-order valence-electron chi connectivity index (χ4n) is 2.35. The van der Waals surface area contributed by atoms with Crippen LogP contribution in [0.1, 0.15) is 5.56 Å². The molecular weight excluding hydrogens is 304 g/mol. The van der Waals surface area contributed by atoms with E-state index in [1.165, 1.54) is 15.4 Å². The van der Waals surface area contributed by atoms with Crippen molar-refractivity contribution in [3.05, 3.63) is 57.7 Å². The predicted octanol–water partition coefficient (Wildman–Crippen LogP) is 1.79. The molecule has 0 saturated heterocycles. The maximum Gasteiger partial charge on any atom is 0.285 e. The van der Waals surface area contributed by atoms with Crippen LogP contribution in [0.25, 0.3) is 22.5 Å². The highest BCUT2D eigenvalue weighted by Crippen LogP contribution is 2.21. The van der Waals surface area contributed by atoms with Gasteiger partial charge in [-0.05, 0) is 30.7 Å². The molecule has 8 heteroatoms. The first-order valence-electron chi connectivity index (χ1n) is 6.49. The lowest BCUT2D eigenvalue weighted by Gasteiger charge is -2.09. The molecule has 0 aliphatic carbocycles. The summed E-state index contributed by atoms with van der Waals surface area (Å²) in [7, 11) is 0. The van der Waals surface area contributed by atoms with Gasteiger partial charge in [0.25, 0.3) is 11.3 Å². The lowest BCUT2D eigenvalue weighted by molar-refractivity contribution is 0.914. The van der Waals surface area contributed by atoms with Gasteiger partial charge in [0.15, 0.2) is 5.52 Å². The van der Waals surface area contributed by atoms with Crippen LogP contribution in [0.4, 0.5) is 0 Å². The van der Waals surface area contributed by atoms with Crippen LogP contribution in [-0.4, -0.2) is 29.4 Å². The summed E-state index contributed by atoms with van der Waals surface area (Å²) in [6.45, 7) is 1.94. The number of halogens is 1. The lowest BCUT2D eigenvalue weighted by atomic mass is 10.2. The zero-order valence-corrected chi connectivity index (χ0v) is 12.2. The highest BCUT2D eigenvalue weighted by molar-refractivity contribution is 6.32. The number of aryl methyl sites for hydroxylation is 1. The Morgan fingerprint density at radius 1 is 1.18 bits per heavy atom. The van der Waals surface area contributed by atoms with E-state index in [2.05, 4.69) is 20.3 Å². The van der Waals surface area contributed by atoms with E-state index in [1.807, 2.05) is 13.0 Å². The summed E-state index contributed by atoms with van der Waals surface area (Å²) in [5.74, 6) is 0.345. The number of benzene rings is 1. The predicted molar refractivity (Wildman–Crippen MR) is 81.4 cm³/mol. The zero-order chi connectivity index (χ0) is 15.3. The smallest absolute Gasteiger partial charge is 0.281 e. The van der Waals surface area contributed by atoms with Crippen LogP contribution in [-0.2, 0) is 0 Å². The Morgan fingerprint density at radius 2 is 2.05 bits per heavy atom. The number of rotatable bonds is 1.